The maximum absolute atomic E-state index is 12.3. The van der Waals surface area contributed by atoms with Crippen molar-refractivity contribution in [2.75, 3.05) is 0 Å². The molecule has 4 heteroatoms. The summed E-state index contributed by atoms with van der Waals surface area (Å²) in [4.78, 5) is 19.5. The molecule has 24 heavy (non-hydrogen) atoms. The molecule has 1 N–H and O–H groups in total. The van der Waals surface area contributed by atoms with Crippen molar-refractivity contribution < 1.29 is 4.79 Å². The van der Waals surface area contributed by atoms with E-state index in [9.17, 15) is 4.79 Å². The fourth-order valence-corrected chi connectivity index (χ4v) is 3.89. The first-order valence-corrected chi connectivity index (χ1v) is 9.27. The highest BCUT2D eigenvalue weighted by molar-refractivity contribution is 7.99. The Labute approximate surface area is 146 Å². The van der Waals surface area contributed by atoms with E-state index in [0.717, 1.165) is 35.6 Å². The average Bonchev–Trinajstić information content (AvgIpc) is 3.40. The van der Waals surface area contributed by atoms with Gasteiger partial charge in [0.05, 0.1) is 5.69 Å². The monoisotopic (exact) mass is 336 g/mol. The molecule has 0 spiro atoms. The van der Waals surface area contributed by atoms with Crippen LogP contribution in [-0.2, 0) is 0 Å². The average molecular weight is 336 g/mol. The van der Waals surface area contributed by atoms with Gasteiger partial charge in [-0.05, 0) is 56.5 Å². The van der Waals surface area contributed by atoms with Crippen molar-refractivity contribution >= 4 is 29.1 Å². The van der Waals surface area contributed by atoms with Crippen molar-refractivity contribution in [3.63, 3.8) is 0 Å². The van der Waals surface area contributed by atoms with E-state index in [1.165, 1.54) is 16.0 Å². The van der Waals surface area contributed by atoms with Crippen LogP contribution in [0.1, 0.15) is 47.7 Å². The van der Waals surface area contributed by atoms with E-state index in [2.05, 4.69) is 37.4 Å². The van der Waals surface area contributed by atoms with Gasteiger partial charge in [0, 0.05) is 32.7 Å². The highest BCUT2D eigenvalue weighted by Gasteiger charge is 2.24. The number of aliphatic imine (C=N–C) groups is 1. The second-order valence-electron chi connectivity index (χ2n) is 6.44. The molecular formula is C20H20N2OS. The SMILES string of the molecule is CCC1=Nc2cc(C(=O)NC3CC3)ccc2Sc2ccc(C)cc21. The number of nitrogens with one attached hydrogen (secondary N) is 1. The summed E-state index contributed by atoms with van der Waals surface area (Å²) >= 11 is 1.73. The molecule has 1 aliphatic carbocycles. The number of hydrogen-bond acceptors (Lipinski definition) is 3. The third-order valence-corrected chi connectivity index (χ3v) is 5.53. The van der Waals surface area contributed by atoms with Crippen LogP contribution in [0.4, 0.5) is 5.69 Å². The van der Waals surface area contributed by atoms with Crippen LogP contribution < -0.4 is 5.32 Å². The number of hydrogen-bond donors (Lipinski definition) is 1. The molecule has 3 nitrogen and oxygen atoms in total. The molecule has 1 heterocycles. The van der Waals surface area contributed by atoms with Gasteiger partial charge in [0.15, 0.2) is 0 Å². The first kappa shape index (κ1) is 15.5. The predicted molar refractivity (Wildman–Crippen MR) is 98.7 cm³/mol. The minimum Gasteiger partial charge on any atom is -0.349 e. The Bertz CT molecular complexity index is 853. The minimum absolute atomic E-state index is 0.0103. The topological polar surface area (TPSA) is 41.5 Å². The summed E-state index contributed by atoms with van der Waals surface area (Å²) in [6.45, 7) is 4.24. The van der Waals surface area contributed by atoms with Crippen LogP contribution >= 0.6 is 11.8 Å². The second-order valence-corrected chi connectivity index (χ2v) is 7.53. The van der Waals surface area contributed by atoms with Crippen LogP contribution in [0, 0.1) is 6.92 Å². The normalized spacial score (nSPS) is 15.8. The second kappa shape index (κ2) is 6.10. The molecule has 1 fully saturated rings. The van der Waals surface area contributed by atoms with E-state index in [1.54, 1.807) is 11.8 Å². The number of carbonyl (C=O) groups is 1. The van der Waals surface area contributed by atoms with Crippen molar-refractivity contribution in [2.45, 2.75) is 48.9 Å². The molecule has 4 rings (SSSR count). The Kier molecular flexibility index (Phi) is 3.93. The van der Waals surface area contributed by atoms with E-state index in [4.69, 9.17) is 4.99 Å². The minimum atomic E-state index is 0.0103. The number of amides is 1. The fourth-order valence-electron chi connectivity index (χ4n) is 2.88. The van der Waals surface area contributed by atoms with Crippen LogP contribution in [0.5, 0.6) is 0 Å². The number of benzene rings is 2. The Morgan fingerprint density at radius 3 is 2.75 bits per heavy atom. The molecule has 0 aromatic heterocycles. The van der Waals surface area contributed by atoms with Gasteiger partial charge in [0.2, 0.25) is 0 Å². The van der Waals surface area contributed by atoms with E-state index >= 15 is 0 Å². The molecule has 2 aromatic rings. The van der Waals surface area contributed by atoms with Gasteiger partial charge in [0.25, 0.3) is 5.91 Å². The molecule has 0 bridgehead atoms. The van der Waals surface area contributed by atoms with Crippen LogP contribution in [0.15, 0.2) is 51.2 Å². The summed E-state index contributed by atoms with van der Waals surface area (Å²) in [5.74, 6) is 0.0103. The van der Waals surface area contributed by atoms with Gasteiger partial charge in [-0.25, -0.2) is 0 Å². The smallest absolute Gasteiger partial charge is 0.251 e. The highest BCUT2D eigenvalue weighted by Crippen LogP contribution is 2.41. The molecule has 2 aromatic carbocycles. The summed E-state index contributed by atoms with van der Waals surface area (Å²) < 4.78 is 0. The molecule has 0 saturated heterocycles. The van der Waals surface area contributed by atoms with Gasteiger partial charge >= 0.3 is 0 Å². The molecule has 2 aliphatic rings. The molecule has 1 amide bonds. The van der Waals surface area contributed by atoms with E-state index in [-0.39, 0.29) is 5.91 Å². The Balaban J connectivity index is 1.75. The van der Waals surface area contributed by atoms with Gasteiger partial charge in [-0.1, -0.05) is 30.3 Å². The highest BCUT2D eigenvalue weighted by atomic mass is 32.2. The maximum atomic E-state index is 12.3. The predicted octanol–water partition coefficient (Wildman–Crippen LogP) is 4.88. The lowest BCUT2D eigenvalue weighted by Gasteiger charge is -2.08. The third kappa shape index (κ3) is 2.98. The van der Waals surface area contributed by atoms with Crippen molar-refractivity contribution in [3.8, 4) is 0 Å². The van der Waals surface area contributed by atoms with Crippen molar-refractivity contribution in [1.82, 2.24) is 5.32 Å². The molecule has 1 saturated carbocycles. The van der Waals surface area contributed by atoms with Crippen LogP contribution in [0.3, 0.4) is 0 Å². The Morgan fingerprint density at radius 1 is 1.21 bits per heavy atom. The number of rotatable bonds is 3. The van der Waals surface area contributed by atoms with Gasteiger partial charge in [-0.3, -0.25) is 9.79 Å². The first-order chi connectivity index (χ1) is 11.6. The van der Waals surface area contributed by atoms with Gasteiger partial charge in [0.1, 0.15) is 0 Å². The Morgan fingerprint density at radius 2 is 2.00 bits per heavy atom. The van der Waals surface area contributed by atoms with E-state index in [1.807, 2.05) is 18.2 Å². The lowest BCUT2D eigenvalue weighted by atomic mass is 10.0. The lowest BCUT2D eigenvalue weighted by Crippen LogP contribution is -2.25. The zero-order valence-corrected chi connectivity index (χ0v) is 14.7. The summed E-state index contributed by atoms with van der Waals surface area (Å²) in [5.41, 5.74) is 5.13. The number of fused-ring (bicyclic) bond motifs is 2. The first-order valence-electron chi connectivity index (χ1n) is 8.45. The summed E-state index contributed by atoms with van der Waals surface area (Å²) in [5, 5.41) is 3.05. The molecule has 0 atom stereocenters. The van der Waals surface area contributed by atoms with Gasteiger partial charge in [-0.2, -0.15) is 0 Å². The zero-order valence-electron chi connectivity index (χ0n) is 13.9. The lowest BCUT2D eigenvalue weighted by molar-refractivity contribution is 0.0951. The molecule has 122 valence electrons. The maximum Gasteiger partial charge on any atom is 0.251 e. The summed E-state index contributed by atoms with van der Waals surface area (Å²) in [6, 6.07) is 12.7. The van der Waals surface area contributed by atoms with Crippen molar-refractivity contribution in [1.29, 1.82) is 0 Å². The van der Waals surface area contributed by atoms with Crippen molar-refractivity contribution in [3.05, 3.63) is 53.1 Å². The standard InChI is InChI=1S/C20H20N2OS/c1-3-16-15-10-12(2)4-8-18(15)24-19-9-5-13(11-17(19)22-16)20(23)21-14-6-7-14/h4-5,8-11,14H,3,6-7H2,1-2H3,(H,21,23). The number of nitrogens with zero attached hydrogens (tertiary/aromatic N) is 1. The van der Waals surface area contributed by atoms with Crippen molar-refractivity contribution in [2.24, 2.45) is 4.99 Å². The third-order valence-electron chi connectivity index (χ3n) is 4.39. The summed E-state index contributed by atoms with van der Waals surface area (Å²) in [7, 11) is 0. The molecule has 0 radical (unpaired) electrons. The van der Waals surface area contributed by atoms with Gasteiger partial charge in [-0.15, -0.1) is 0 Å². The summed E-state index contributed by atoms with van der Waals surface area (Å²) in [6.07, 6.45) is 3.06. The van der Waals surface area contributed by atoms with Crippen LogP contribution in [0.2, 0.25) is 0 Å². The van der Waals surface area contributed by atoms with Crippen LogP contribution in [0.25, 0.3) is 0 Å². The number of carbonyl (C=O) groups excluding carboxylic acids is 1. The quantitative estimate of drug-likeness (QED) is 0.867. The van der Waals surface area contributed by atoms with E-state index in [0.29, 0.717) is 11.6 Å². The van der Waals surface area contributed by atoms with E-state index < -0.39 is 0 Å². The Hall–Kier alpha value is -2.07. The zero-order chi connectivity index (χ0) is 16.7. The molecule has 0 unspecified atom stereocenters. The molecular weight excluding hydrogens is 316 g/mol. The number of aryl methyl sites for hydroxylation is 1. The fraction of sp³-hybridized carbons (Fsp3) is 0.300. The van der Waals surface area contributed by atoms with Gasteiger partial charge < -0.3 is 5.32 Å². The molecule has 1 aliphatic heterocycles. The van der Waals surface area contributed by atoms with Crippen LogP contribution in [-0.4, -0.2) is 17.7 Å². The largest absolute Gasteiger partial charge is 0.349 e.